The Labute approximate surface area is 166 Å². The van der Waals surface area contributed by atoms with Gasteiger partial charge in [0.1, 0.15) is 5.75 Å². The second-order valence-corrected chi connectivity index (χ2v) is 20.1. The molecular weight excluding hydrogens is 370 g/mol. The number of nitrogens with zero attached hydrogens (tertiary/aromatic N) is 1. The number of hydrogen-bond acceptors (Lipinski definition) is 4. The molecule has 0 aliphatic heterocycles. The van der Waals surface area contributed by atoms with E-state index >= 15 is 0 Å². The number of hydrogen-bond donors (Lipinski definition) is 0. The van der Waals surface area contributed by atoms with E-state index in [1.165, 1.54) is 0 Å². The Morgan fingerprint density at radius 3 is 2.00 bits per heavy atom. The first-order valence-corrected chi connectivity index (χ1v) is 15.6. The summed E-state index contributed by atoms with van der Waals surface area (Å²) in [4.78, 5) is 0. The predicted octanol–water partition coefficient (Wildman–Crippen LogP) is 7.04. The van der Waals surface area contributed by atoms with Gasteiger partial charge in [-0.25, -0.2) is 0 Å². The largest absolute Gasteiger partial charge is 0.543 e. The van der Waals surface area contributed by atoms with Crippen LogP contribution in [0.1, 0.15) is 52.8 Å². The van der Waals surface area contributed by atoms with Crippen molar-refractivity contribution in [1.29, 1.82) is 0 Å². The van der Waals surface area contributed by atoms with Crippen LogP contribution in [-0.4, -0.2) is 21.8 Å². The lowest BCUT2D eigenvalue weighted by Gasteiger charge is -2.38. The molecule has 0 spiro atoms. The van der Waals surface area contributed by atoms with Gasteiger partial charge in [0, 0.05) is 5.39 Å². The van der Waals surface area contributed by atoms with Gasteiger partial charge in [-0.2, -0.15) is 0 Å². The highest BCUT2D eigenvalue weighted by atomic mass is 28.4. The second-order valence-electron chi connectivity index (χ2n) is 10.6. The lowest BCUT2D eigenvalue weighted by atomic mass is 10.1. The van der Waals surface area contributed by atoms with E-state index in [0.29, 0.717) is 6.61 Å². The molecule has 0 unspecified atom stereocenters. The van der Waals surface area contributed by atoms with Gasteiger partial charge in [-0.3, -0.25) is 0 Å². The van der Waals surface area contributed by atoms with Crippen molar-refractivity contribution in [3.63, 3.8) is 0 Å². The molecule has 0 fully saturated rings. The maximum absolute atomic E-state index is 6.65. The van der Waals surface area contributed by atoms with Crippen molar-refractivity contribution >= 4 is 27.6 Å². The molecule has 27 heavy (non-hydrogen) atoms. The van der Waals surface area contributed by atoms with Gasteiger partial charge in [0.15, 0.2) is 13.9 Å². The lowest BCUT2D eigenvalue weighted by molar-refractivity contribution is 0.271. The molecule has 4 nitrogen and oxygen atoms in total. The first-order valence-electron chi connectivity index (χ1n) is 9.78. The number of benzene rings is 1. The van der Waals surface area contributed by atoms with Gasteiger partial charge in [-0.05, 0) is 55.3 Å². The molecule has 0 radical (unpaired) electrons. The molecule has 0 aliphatic rings. The summed E-state index contributed by atoms with van der Waals surface area (Å²) < 4.78 is 18.9. The van der Waals surface area contributed by atoms with Gasteiger partial charge in [0.2, 0.25) is 8.32 Å². The summed E-state index contributed by atoms with van der Waals surface area (Å²) in [5.41, 5.74) is 2.68. The SMILES string of the molecule is Cc1noc2c(CO[Si](C)(C)C(C)(C)C)c(O[Si](C)(C)C(C)(C)C)ccc12. The average Bonchev–Trinajstić information content (AvgIpc) is 2.85. The van der Waals surface area contributed by atoms with E-state index in [-0.39, 0.29) is 10.1 Å². The Morgan fingerprint density at radius 2 is 1.48 bits per heavy atom. The van der Waals surface area contributed by atoms with E-state index in [0.717, 1.165) is 28.0 Å². The minimum atomic E-state index is -1.98. The molecule has 0 aliphatic carbocycles. The molecule has 2 rings (SSSR count). The van der Waals surface area contributed by atoms with Gasteiger partial charge in [0.05, 0.1) is 17.9 Å². The molecule has 0 saturated carbocycles. The molecule has 0 N–H and O–H groups in total. The fourth-order valence-corrected chi connectivity index (χ4v) is 4.28. The van der Waals surface area contributed by atoms with Crippen molar-refractivity contribution in [1.82, 2.24) is 5.16 Å². The first-order chi connectivity index (χ1) is 12.1. The highest BCUT2D eigenvalue weighted by Gasteiger charge is 2.40. The normalized spacial score (nSPS) is 14.0. The summed E-state index contributed by atoms with van der Waals surface area (Å²) in [5, 5.41) is 5.48. The summed E-state index contributed by atoms with van der Waals surface area (Å²) in [5.74, 6) is 0.879. The van der Waals surface area contributed by atoms with Crippen molar-refractivity contribution in [3.8, 4) is 5.75 Å². The zero-order valence-electron chi connectivity index (χ0n) is 19.0. The van der Waals surface area contributed by atoms with E-state index in [4.69, 9.17) is 13.4 Å². The number of aromatic nitrogens is 1. The summed E-state index contributed by atoms with van der Waals surface area (Å²) >= 11 is 0. The van der Waals surface area contributed by atoms with E-state index in [1.807, 2.05) is 6.92 Å². The molecule has 1 aromatic heterocycles. The third kappa shape index (κ3) is 4.49. The third-order valence-corrected chi connectivity index (χ3v) is 15.3. The van der Waals surface area contributed by atoms with Crippen LogP contribution < -0.4 is 4.43 Å². The molecule has 1 heterocycles. The standard InChI is InChI=1S/C21H37NO3Si2/c1-15-16-12-13-18(25-27(10,11)21(5,6)7)17(19(16)24-22-15)14-23-26(8,9)20(2,3)4/h12-13H,14H2,1-11H3. The highest BCUT2D eigenvalue weighted by molar-refractivity contribution is 6.75. The molecule has 0 bridgehead atoms. The summed E-state index contributed by atoms with van der Waals surface area (Å²) in [6.45, 7) is 25.1. The van der Waals surface area contributed by atoms with E-state index in [9.17, 15) is 0 Å². The first kappa shape index (κ1) is 22.2. The predicted molar refractivity (Wildman–Crippen MR) is 119 cm³/mol. The molecule has 6 heteroatoms. The molecule has 1 aromatic carbocycles. The average molecular weight is 408 g/mol. The fraction of sp³-hybridized carbons (Fsp3) is 0.667. The monoisotopic (exact) mass is 407 g/mol. The molecule has 0 amide bonds. The molecule has 0 saturated heterocycles. The van der Waals surface area contributed by atoms with Gasteiger partial charge >= 0.3 is 0 Å². The Morgan fingerprint density at radius 1 is 0.926 bits per heavy atom. The van der Waals surface area contributed by atoms with Crippen LogP contribution >= 0.6 is 0 Å². The van der Waals surface area contributed by atoms with E-state index in [1.54, 1.807) is 0 Å². The fourth-order valence-electron chi connectivity index (χ4n) is 2.29. The van der Waals surface area contributed by atoms with Crippen LogP contribution in [0.25, 0.3) is 11.0 Å². The van der Waals surface area contributed by atoms with Crippen LogP contribution in [0.5, 0.6) is 5.75 Å². The van der Waals surface area contributed by atoms with Gasteiger partial charge in [0.25, 0.3) is 0 Å². The van der Waals surface area contributed by atoms with Crippen LogP contribution in [0, 0.1) is 6.92 Å². The number of rotatable bonds is 5. The van der Waals surface area contributed by atoms with Crippen molar-refractivity contribution < 1.29 is 13.4 Å². The molecular formula is C21H37NO3Si2. The quantitative estimate of drug-likeness (QED) is 0.498. The van der Waals surface area contributed by atoms with Crippen molar-refractivity contribution in [3.05, 3.63) is 23.4 Å². The Bertz CT molecular complexity index is 811. The van der Waals surface area contributed by atoms with Crippen LogP contribution in [0.3, 0.4) is 0 Å². The molecule has 0 atom stereocenters. The number of fused-ring (bicyclic) bond motifs is 1. The van der Waals surface area contributed by atoms with Crippen LogP contribution in [-0.2, 0) is 11.0 Å². The van der Waals surface area contributed by atoms with Gasteiger partial charge < -0.3 is 13.4 Å². The maximum Gasteiger partial charge on any atom is 0.250 e. The lowest BCUT2D eigenvalue weighted by Crippen LogP contribution is -2.44. The Hall–Kier alpha value is -1.12. The molecule has 152 valence electrons. The summed E-state index contributed by atoms with van der Waals surface area (Å²) in [6.07, 6.45) is 0. The smallest absolute Gasteiger partial charge is 0.250 e. The second kappa shape index (κ2) is 7.05. The van der Waals surface area contributed by atoms with Crippen LogP contribution in [0.4, 0.5) is 0 Å². The maximum atomic E-state index is 6.65. The third-order valence-electron chi connectivity index (χ3n) is 6.44. The van der Waals surface area contributed by atoms with Gasteiger partial charge in [-0.15, -0.1) is 0 Å². The zero-order chi connectivity index (χ0) is 20.8. The van der Waals surface area contributed by atoms with Crippen molar-refractivity contribution in [2.45, 2.75) is 91.3 Å². The highest BCUT2D eigenvalue weighted by Crippen LogP contribution is 2.42. The van der Waals surface area contributed by atoms with E-state index in [2.05, 4.69) is 85.0 Å². The zero-order valence-corrected chi connectivity index (χ0v) is 21.0. The minimum absolute atomic E-state index is 0.122. The summed E-state index contributed by atoms with van der Waals surface area (Å²) in [7, 11) is -3.87. The Kier molecular flexibility index (Phi) is 5.79. The topological polar surface area (TPSA) is 44.5 Å². The number of aryl methyl sites for hydroxylation is 1. The van der Waals surface area contributed by atoms with Crippen molar-refractivity contribution in [2.75, 3.05) is 0 Å². The van der Waals surface area contributed by atoms with Crippen LogP contribution in [0.15, 0.2) is 16.7 Å². The molecule has 2 aromatic rings. The van der Waals surface area contributed by atoms with Gasteiger partial charge in [-0.1, -0.05) is 46.7 Å². The van der Waals surface area contributed by atoms with Crippen molar-refractivity contribution in [2.24, 2.45) is 0 Å². The van der Waals surface area contributed by atoms with Crippen LogP contribution in [0.2, 0.25) is 36.3 Å². The summed E-state index contributed by atoms with van der Waals surface area (Å²) in [6, 6.07) is 4.12. The van der Waals surface area contributed by atoms with E-state index < -0.39 is 16.6 Å². The minimum Gasteiger partial charge on any atom is -0.543 e. The Balaban J connectivity index is 2.48.